The molecule has 0 bridgehead atoms. The van der Waals surface area contributed by atoms with Gasteiger partial charge >= 0.3 is 12.0 Å². The van der Waals surface area contributed by atoms with E-state index in [0.717, 1.165) is 19.4 Å². The van der Waals surface area contributed by atoms with Crippen LogP contribution >= 0.6 is 0 Å². The lowest BCUT2D eigenvalue weighted by Gasteiger charge is -2.27. The summed E-state index contributed by atoms with van der Waals surface area (Å²) < 4.78 is 1.41. The van der Waals surface area contributed by atoms with Crippen molar-refractivity contribution < 1.29 is 14.7 Å². The van der Waals surface area contributed by atoms with E-state index in [4.69, 9.17) is 5.11 Å². The number of hydrogen-bond donors (Lipinski definition) is 2. The highest BCUT2D eigenvalue weighted by Gasteiger charge is 2.30. The first kappa shape index (κ1) is 15.3. The number of amides is 2. The number of likely N-dealkylation sites (tertiary alicyclic amines) is 1. The van der Waals surface area contributed by atoms with Crippen molar-refractivity contribution in [1.82, 2.24) is 25.2 Å². The number of aromatic carboxylic acids is 1. The lowest BCUT2D eigenvalue weighted by molar-refractivity contribution is 0.0690. The van der Waals surface area contributed by atoms with Crippen LogP contribution in [-0.4, -0.2) is 56.1 Å². The molecule has 2 rings (SSSR count). The molecule has 1 fully saturated rings. The van der Waals surface area contributed by atoms with Gasteiger partial charge in [0.15, 0.2) is 5.69 Å². The zero-order valence-corrected chi connectivity index (χ0v) is 12.3. The van der Waals surface area contributed by atoms with Crippen molar-refractivity contribution >= 4 is 12.0 Å². The number of nitrogens with zero attached hydrogens (tertiary/aromatic N) is 4. The van der Waals surface area contributed by atoms with E-state index in [1.165, 1.54) is 10.9 Å². The Kier molecular flexibility index (Phi) is 4.77. The molecule has 1 saturated heterocycles. The number of carbonyl (C=O) groups is 2. The fourth-order valence-electron chi connectivity index (χ4n) is 2.62. The van der Waals surface area contributed by atoms with Crippen LogP contribution in [0.15, 0.2) is 6.20 Å². The Hall–Kier alpha value is -2.12. The first-order valence-electron chi connectivity index (χ1n) is 7.17. The van der Waals surface area contributed by atoms with E-state index in [1.54, 1.807) is 0 Å². The lowest BCUT2D eigenvalue weighted by Crippen LogP contribution is -2.45. The van der Waals surface area contributed by atoms with Crippen molar-refractivity contribution in [3.63, 3.8) is 0 Å². The van der Waals surface area contributed by atoms with Gasteiger partial charge in [-0.25, -0.2) is 14.3 Å². The van der Waals surface area contributed by atoms with Gasteiger partial charge in [-0.05, 0) is 18.8 Å². The first-order chi connectivity index (χ1) is 9.99. The minimum absolute atomic E-state index is 0.0650. The molecule has 21 heavy (non-hydrogen) atoms. The second-order valence-electron chi connectivity index (χ2n) is 5.55. The molecule has 1 aromatic rings. The Labute approximate surface area is 123 Å². The van der Waals surface area contributed by atoms with Crippen LogP contribution in [0.1, 0.15) is 37.2 Å². The SMILES string of the molecule is CC(C)C1CCCN1C(=O)NCCn1cc(C(=O)O)nn1. The molecule has 1 atom stereocenters. The zero-order chi connectivity index (χ0) is 15.4. The zero-order valence-electron chi connectivity index (χ0n) is 12.3. The molecule has 1 unspecified atom stereocenters. The molecule has 2 N–H and O–H groups in total. The Morgan fingerprint density at radius 2 is 2.29 bits per heavy atom. The van der Waals surface area contributed by atoms with Gasteiger partial charge < -0.3 is 15.3 Å². The first-order valence-corrected chi connectivity index (χ1v) is 7.17. The molecule has 0 spiro atoms. The van der Waals surface area contributed by atoms with Crippen molar-refractivity contribution in [3.05, 3.63) is 11.9 Å². The third-order valence-electron chi connectivity index (χ3n) is 3.70. The number of carbonyl (C=O) groups excluding carboxylic acids is 1. The summed E-state index contributed by atoms with van der Waals surface area (Å²) in [7, 11) is 0. The van der Waals surface area contributed by atoms with E-state index in [-0.39, 0.29) is 11.7 Å². The maximum absolute atomic E-state index is 12.1. The van der Waals surface area contributed by atoms with Crippen molar-refractivity contribution in [3.8, 4) is 0 Å². The van der Waals surface area contributed by atoms with Gasteiger partial charge in [0, 0.05) is 19.1 Å². The van der Waals surface area contributed by atoms with Crippen LogP contribution in [0.5, 0.6) is 0 Å². The summed E-state index contributed by atoms with van der Waals surface area (Å²) in [6, 6.07) is 0.236. The highest BCUT2D eigenvalue weighted by atomic mass is 16.4. The predicted octanol–water partition coefficient (Wildman–Crippen LogP) is 0.806. The van der Waals surface area contributed by atoms with E-state index < -0.39 is 5.97 Å². The highest BCUT2D eigenvalue weighted by Crippen LogP contribution is 2.23. The molecule has 1 aliphatic rings. The Morgan fingerprint density at radius 1 is 1.52 bits per heavy atom. The highest BCUT2D eigenvalue weighted by molar-refractivity contribution is 5.84. The van der Waals surface area contributed by atoms with Crippen molar-refractivity contribution in [1.29, 1.82) is 0 Å². The van der Waals surface area contributed by atoms with Gasteiger partial charge in [-0.3, -0.25) is 0 Å². The quantitative estimate of drug-likeness (QED) is 0.837. The van der Waals surface area contributed by atoms with E-state index in [0.29, 0.717) is 25.0 Å². The van der Waals surface area contributed by atoms with E-state index >= 15 is 0 Å². The molecular weight excluding hydrogens is 274 g/mol. The molecule has 0 aliphatic carbocycles. The van der Waals surface area contributed by atoms with Gasteiger partial charge in [0.1, 0.15) is 0 Å². The Bertz CT molecular complexity index is 514. The average molecular weight is 295 g/mol. The predicted molar refractivity (Wildman–Crippen MR) is 74.9 cm³/mol. The molecule has 1 aliphatic heterocycles. The van der Waals surface area contributed by atoms with Crippen LogP contribution in [0.25, 0.3) is 0 Å². The molecule has 2 amide bonds. The van der Waals surface area contributed by atoms with Crippen molar-refractivity contribution in [2.45, 2.75) is 39.3 Å². The second-order valence-corrected chi connectivity index (χ2v) is 5.55. The van der Waals surface area contributed by atoms with Gasteiger partial charge in [-0.15, -0.1) is 5.10 Å². The largest absolute Gasteiger partial charge is 0.476 e. The van der Waals surface area contributed by atoms with Crippen LogP contribution in [0, 0.1) is 5.92 Å². The summed E-state index contributed by atoms with van der Waals surface area (Å²) in [5.41, 5.74) is -0.0965. The summed E-state index contributed by atoms with van der Waals surface area (Å²) in [6.45, 7) is 5.83. The van der Waals surface area contributed by atoms with Gasteiger partial charge in [-0.1, -0.05) is 19.1 Å². The fraction of sp³-hybridized carbons (Fsp3) is 0.692. The third kappa shape index (κ3) is 3.71. The van der Waals surface area contributed by atoms with E-state index in [9.17, 15) is 9.59 Å². The number of urea groups is 1. The van der Waals surface area contributed by atoms with Crippen LogP contribution in [-0.2, 0) is 6.54 Å². The van der Waals surface area contributed by atoms with Crippen LogP contribution in [0.4, 0.5) is 4.79 Å². The fourth-order valence-corrected chi connectivity index (χ4v) is 2.62. The molecule has 1 aromatic heterocycles. The van der Waals surface area contributed by atoms with Crippen LogP contribution in [0.2, 0.25) is 0 Å². The standard InChI is InChI=1S/C13H21N5O3/c1-9(2)11-4-3-6-18(11)13(21)14-5-7-17-8-10(12(19)20)15-16-17/h8-9,11H,3-7H2,1-2H3,(H,14,21)(H,19,20). The Balaban J connectivity index is 1.80. The monoisotopic (exact) mass is 295 g/mol. The number of rotatable bonds is 5. The number of carboxylic acids is 1. The number of carboxylic acid groups (broad SMARTS) is 1. The topological polar surface area (TPSA) is 100 Å². The average Bonchev–Trinajstić information content (AvgIpc) is 3.07. The van der Waals surface area contributed by atoms with Crippen molar-refractivity contribution in [2.75, 3.05) is 13.1 Å². The summed E-state index contributed by atoms with van der Waals surface area (Å²) >= 11 is 0. The number of aromatic nitrogens is 3. The van der Waals surface area contributed by atoms with E-state index in [2.05, 4.69) is 29.5 Å². The van der Waals surface area contributed by atoms with Crippen LogP contribution < -0.4 is 5.32 Å². The molecule has 0 saturated carbocycles. The van der Waals surface area contributed by atoms with Crippen molar-refractivity contribution in [2.24, 2.45) is 5.92 Å². The second kappa shape index (κ2) is 6.55. The maximum Gasteiger partial charge on any atom is 0.358 e. The summed E-state index contributed by atoms with van der Waals surface area (Å²) in [5.74, 6) is -0.659. The van der Waals surface area contributed by atoms with Gasteiger partial charge in [-0.2, -0.15) is 0 Å². The molecule has 0 aromatic carbocycles. The molecular formula is C13H21N5O3. The van der Waals surface area contributed by atoms with E-state index in [1.807, 2.05) is 4.90 Å². The third-order valence-corrected chi connectivity index (χ3v) is 3.70. The Morgan fingerprint density at radius 3 is 2.90 bits per heavy atom. The smallest absolute Gasteiger partial charge is 0.358 e. The molecule has 8 heteroatoms. The van der Waals surface area contributed by atoms with Gasteiger partial charge in [0.25, 0.3) is 0 Å². The molecule has 2 heterocycles. The summed E-state index contributed by atoms with van der Waals surface area (Å²) in [4.78, 5) is 24.7. The molecule has 8 nitrogen and oxygen atoms in total. The minimum Gasteiger partial charge on any atom is -0.476 e. The molecule has 0 radical (unpaired) electrons. The lowest BCUT2D eigenvalue weighted by atomic mass is 10.0. The van der Waals surface area contributed by atoms with Gasteiger partial charge in [0.2, 0.25) is 0 Å². The minimum atomic E-state index is -1.11. The summed E-state index contributed by atoms with van der Waals surface area (Å²) in [6.07, 6.45) is 3.44. The van der Waals surface area contributed by atoms with Crippen LogP contribution in [0.3, 0.4) is 0 Å². The maximum atomic E-state index is 12.1. The molecule has 116 valence electrons. The van der Waals surface area contributed by atoms with Gasteiger partial charge in [0.05, 0.1) is 12.7 Å². The number of hydrogen-bond acceptors (Lipinski definition) is 4. The normalized spacial score (nSPS) is 18.2. The summed E-state index contributed by atoms with van der Waals surface area (Å²) in [5, 5.41) is 18.8. The number of nitrogens with one attached hydrogen (secondary N) is 1.